The van der Waals surface area contributed by atoms with E-state index >= 15 is 0 Å². The van der Waals surface area contributed by atoms with Gasteiger partial charge in [-0.15, -0.1) is 0 Å². The lowest BCUT2D eigenvalue weighted by Gasteiger charge is -2.30. The van der Waals surface area contributed by atoms with Gasteiger partial charge in [0, 0.05) is 12.6 Å². The summed E-state index contributed by atoms with van der Waals surface area (Å²) in [6, 6.07) is 7.23. The zero-order valence-electron chi connectivity index (χ0n) is 11.4. The van der Waals surface area contributed by atoms with Crippen molar-refractivity contribution in [1.82, 2.24) is 5.32 Å². The Hall–Kier alpha value is -1.16. The van der Waals surface area contributed by atoms with Crippen LogP contribution in [0.2, 0.25) is 0 Å². The molecule has 0 unspecified atom stereocenters. The fourth-order valence-electron chi connectivity index (χ4n) is 2.59. The normalized spacial score (nSPS) is 16.1. The van der Waals surface area contributed by atoms with Gasteiger partial charge in [-0.25, -0.2) is 4.39 Å². The van der Waals surface area contributed by atoms with E-state index in [0.717, 1.165) is 12.8 Å². The zero-order chi connectivity index (χ0) is 13.7. The number of halogens is 1. The minimum absolute atomic E-state index is 0.225. The molecular formula is C15H21FN2S. The number of nitrogens with zero attached hydrogens (tertiary/aromatic N) is 1. The van der Waals surface area contributed by atoms with Crippen molar-refractivity contribution >= 4 is 23.0 Å². The summed E-state index contributed by atoms with van der Waals surface area (Å²) in [4.78, 5) is 1.83. The molecular weight excluding hydrogens is 259 g/mol. The largest absolute Gasteiger partial charge is 0.360 e. The van der Waals surface area contributed by atoms with Gasteiger partial charge in [-0.2, -0.15) is 0 Å². The molecule has 0 saturated heterocycles. The van der Waals surface area contributed by atoms with Crippen LogP contribution in [-0.2, 0) is 0 Å². The van der Waals surface area contributed by atoms with E-state index < -0.39 is 0 Å². The summed E-state index contributed by atoms with van der Waals surface area (Å²) in [6.07, 6.45) is 6.15. The van der Waals surface area contributed by atoms with Crippen LogP contribution in [0.1, 0.15) is 39.0 Å². The van der Waals surface area contributed by atoms with Gasteiger partial charge in [0.2, 0.25) is 0 Å². The molecule has 0 aliphatic heterocycles. The Kier molecular flexibility index (Phi) is 5.14. The standard InChI is InChI=1S/C15H21FN2S/c1-2-18(14-11-7-6-10-13(14)16)15(19)17-12-8-4-3-5-9-12/h6-7,10-12H,2-5,8-9H2,1H3,(H,17,19). The van der Waals surface area contributed by atoms with Crippen molar-refractivity contribution in [3.8, 4) is 0 Å². The molecule has 4 heteroatoms. The van der Waals surface area contributed by atoms with Crippen molar-refractivity contribution in [2.24, 2.45) is 0 Å². The second-order valence-corrected chi connectivity index (χ2v) is 5.37. The van der Waals surface area contributed by atoms with E-state index in [1.807, 2.05) is 17.9 Å². The zero-order valence-corrected chi connectivity index (χ0v) is 12.2. The summed E-state index contributed by atoms with van der Waals surface area (Å²) < 4.78 is 13.8. The first kappa shape index (κ1) is 14.3. The number of hydrogen-bond acceptors (Lipinski definition) is 1. The van der Waals surface area contributed by atoms with Crippen LogP contribution in [0.4, 0.5) is 10.1 Å². The van der Waals surface area contributed by atoms with Gasteiger partial charge in [-0.05, 0) is 44.1 Å². The van der Waals surface area contributed by atoms with Gasteiger partial charge in [0.25, 0.3) is 0 Å². The van der Waals surface area contributed by atoms with Gasteiger partial charge in [-0.1, -0.05) is 31.4 Å². The van der Waals surface area contributed by atoms with E-state index in [4.69, 9.17) is 12.2 Å². The summed E-state index contributed by atoms with van der Waals surface area (Å²) in [5, 5.41) is 4.02. The fourth-order valence-corrected chi connectivity index (χ4v) is 2.99. The van der Waals surface area contributed by atoms with E-state index in [0.29, 0.717) is 23.4 Å². The number of hydrogen-bond donors (Lipinski definition) is 1. The maximum Gasteiger partial charge on any atom is 0.173 e. The minimum atomic E-state index is -0.225. The molecule has 0 bridgehead atoms. The second-order valence-electron chi connectivity index (χ2n) is 4.98. The Bertz CT molecular complexity index is 430. The molecule has 104 valence electrons. The molecule has 0 aromatic heterocycles. The van der Waals surface area contributed by atoms with Crippen molar-refractivity contribution in [2.45, 2.75) is 45.1 Å². The van der Waals surface area contributed by atoms with Gasteiger partial charge in [0.05, 0.1) is 5.69 Å². The molecule has 0 heterocycles. The van der Waals surface area contributed by atoms with E-state index in [2.05, 4.69) is 5.32 Å². The van der Waals surface area contributed by atoms with Crippen LogP contribution in [0.3, 0.4) is 0 Å². The van der Waals surface area contributed by atoms with Crippen molar-refractivity contribution in [3.05, 3.63) is 30.1 Å². The third kappa shape index (κ3) is 3.66. The predicted octanol–water partition coefficient (Wildman–Crippen LogP) is 3.86. The van der Waals surface area contributed by atoms with Crippen LogP contribution in [0, 0.1) is 5.82 Å². The average molecular weight is 280 g/mol. The maximum absolute atomic E-state index is 13.8. The van der Waals surface area contributed by atoms with Crippen LogP contribution in [-0.4, -0.2) is 17.7 Å². The lowest BCUT2D eigenvalue weighted by atomic mass is 9.96. The first-order chi connectivity index (χ1) is 9.22. The van der Waals surface area contributed by atoms with E-state index in [-0.39, 0.29) is 5.82 Å². The van der Waals surface area contributed by atoms with E-state index in [1.54, 1.807) is 12.1 Å². The summed E-state index contributed by atoms with van der Waals surface area (Å²) in [7, 11) is 0. The Morgan fingerprint density at radius 1 is 1.32 bits per heavy atom. The molecule has 1 aromatic carbocycles. The van der Waals surface area contributed by atoms with Crippen molar-refractivity contribution in [3.63, 3.8) is 0 Å². The quantitative estimate of drug-likeness (QED) is 0.846. The number of rotatable bonds is 3. The van der Waals surface area contributed by atoms with Crippen LogP contribution in [0.5, 0.6) is 0 Å². The number of thiocarbonyl (C=S) groups is 1. The third-order valence-electron chi connectivity index (χ3n) is 3.64. The van der Waals surface area contributed by atoms with Crippen LogP contribution < -0.4 is 10.2 Å². The second kappa shape index (κ2) is 6.85. The third-order valence-corrected chi connectivity index (χ3v) is 3.98. The maximum atomic E-state index is 13.8. The molecule has 1 N–H and O–H groups in total. The molecule has 1 fully saturated rings. The van der Waals surface area contributed by atoms with Gasteiger partial charge in [-0.3, -0.25) is 0 Å². The first-order valence-electron chi connectivity index (χ1n) is 7.05. The Morgan fingerprint density at radius 2 is 2.00 bits per heavy atom. The van der Waals surface area contributed by atoms with Gasteiger partial charge >= 0.3 is 0 Å². The molecule has 1 saturated carbocycles. The molecule has 0 spiro atoms. The number of benzene rings is 1. The molecule has 0 atom stereocenters. The monoisotopic (exact) mass is 280 g/mol. The van der Waals surface area contributed by atoms with Gasteiger partial charge in [0.1, 0.15) is 5.82 Å². The van der Waals surface area contributed by atoms with E-state index in [9.17, 15) is 4.39 Å². The number of nitrogens with one attached hydrogen (secondary N) is 1. The highest BCUT2D eigenvalue weighted by Crippen LogP contribution is 2.21. The molecule has 2 nitrogen and oxygen atoms in total. The predicted molar refractivity (Wildman–Crippen MR) is 82.0 cm³/mol. The van der Waals surface area contributed by atoms with Gasteiger partial charge in [0.15, 0.2) is 5.11 Å². The lowest BCUT2D eigenvalue weighted by Crippen LogP contribution is -2.45. The van der Waals surface area contributed by atoms with Crippen LogP contribution >= 0.6 is 12.2 Å². The van der Waals surface area contributed by atoms with Crippen LogP contribution in [0.25, 0.3) is 0 Å². The topological polar surface area (TPSA) is 15.3 Å². The smallest absolute Gasteiger partial charge is 0.173 e. The molecule has 1 aliphatic carbocycles. The Labute approximate surface area is 120 Å². The van der Waals surface area contributed by atoms with Crippen molar-refractivity contribution in [1.29, 1.82) is 0 Å². The average Bonchev–Trinajstić information content (AvgIpc) is 2.43. The summed E-state index contributed by atoms with van der Waals surface area (Å²) in [5.74, 6) is -0.225. The molecule has 1 aromatic rings. The van der Waals surface area contributed by atoms with Gasteiger partial charge < -0.3 is 10.2 Å². The number of anilines is 1. The minimum Gasteiger partial charge on any atom is -0.360 e. The Morgan fingerprint density at radius 3 is 2.63 bits per heavy atom. The van der Waals surface area contributed by atoms with Crippen LogP contribution in [0.15, 0.2) is 24.3 Å². The Balaban J connectivity index is 2.04. The summed E-state index contributed by atoms with van der Waals surface area (Å²) in [6.45, 7) is 2.65. The molecule has 19 heavy (non-hydrogen) atoms. The molecule has 1 aliphatic rings. The SMILES string of the molecule is CCN(C(=S)NC1CCCCC1)c1ccccc1F. The number of para-hydroxylation sites is 1. The van der Waals surface area contributed by atoms with Crippen molar-refractivity contribution < 1.29 is 4.39 Å². The molecule has 2 rings (SSSR count). The molecule has 0 radical (unpaired) electrons. The highest BCUT2D eigenvalue weighted by molar-refractivity contribution is 7.80. The first-order valence-corrected chi connectivity index (χ1v) is 7.45. The molecule has 0 amide bonds. The highest BCUT2D eigenvalue weighted by atomic mass is 32.1. The lowest BCUT2D eigenvalue weighted by molar-refractivity contribution is 0.413. The summed E-state index contributed by atoms with van der Waals surface area (Å²) >= 11 is 5.45. The summed E-state index contributed by atoms with van der Waals surface area (Å²) in [5.41, 5.74) is 0.554. The fraction of sp³-hybridized carbons (Fsp3) is 0.533. The van der Waals surface area contributed by atoms with Crippen molar-refractivity contribution in [2.75, 3.05) is 11.4 Å². The van der Waals surface area contributed by atoms with E-state index in [1.165, 1.54) is 25.3 Å². The highest BCUT2D eigenvalue weighted by Gasteiger charge is 2.18.